The van der Waals surface area contributed by atoms with Crippen LogP contribution in [0.1, 0.15) is 24.8 Å². The highest BCUT2D eigenvalue weighted by Gasteiger charge is 2.29. The van der Waals surface area contributed by atoms with Gasteiger partial charge in [-0.25, -0.2) is 4.98 Å². The Bertz CT molecular complexity index is 434. The van der Waals surface area contributed by atoms with E-state index in [-0.39, 0.29) is 0 Å². The molecule has 1 heterocycles. The maximum atomic E-state index is 8.68. The van der Waals surface area contributed by atoms with Crippen LogP contribution in [0, 0.1) is 22.7 Å². The number of nitriles is 2. The molecule has 0 aromatic carbocycles. The van der Waals surface area contributed by atoms with E-state index < -0.39 is 0 Å². The average Bonchev–Trinajstić information content (AvgIpc) is 3.15. The number of hydrogen-bond acceptors (Lipinski definition) is 4. The lowest BCUT2D eigenvalue weighted by Crippen LogP contribution is -2.27. The fourth-order valence-corrected chi connectivity index (χ4v) is 1.66. The zero-order chi connectivity index (χ0) is 11.4. The van der Waals surface area contributed by atoms with Crippen molar-refractivity contribution in [3.8, 4) is 12.1 Å². The van der Waals surface area contributed by atoms with Crippen molar-refractivity contribution in [3.63, 3.8) is 0 Å². The Morgan fingerprint density at radius 3 is 2.69 bits per heavy atom. The van der Waals surface area contributed by atoms with Crippen LogP contribution < -0.4 is 4.90 Å². The van der Waals surface area contributed by atoms with Crippen molar-refractivity contribution in [1.82, 2.24) is 4.98 Å². The number of hydrogen-bond donors (Lipinski definition) is 0. The van der Waals surface area contributed by atoms with Crippen molar-refractivity contribution in [3.05, 3.63) is 23.9 Å². The minimum Gasteiger partial charge on any atom is -0.353 e. The first-order valence-electron chi connectivity index (χ1n) is 5.35. The van der Waals surface area contributed by atoms with Crippen molar-refractivity contribution in [2.24, 2.45) is 0 Å². The first-order valence-corrected chi connectivity index (χ1v) is 5.35. The summed E-state index contributed by atoms with van der Waals surface area (Å²) >= 11 is 0. The Hall–Kier alpha value is -2.07. The van der Waals surface area contributed by atoms with Gasteiger partial charge in [0.1, 0.15) is 11.9 Å². The topological polar surface area (TPSA) is 63.7 Å². The summed E-state index contributed by atoms with van der Waals surface area (Å²) in [6.45, 7) is 0.722. The predicted molar refractivity (Wildman–Crippen MR) is 59.6 cm³/mol. The molecule has 2 rings (SSSR count). The Morgan fingerprint density at radius 2 is 2.19 bits per heavy atom. The van der Waals surface area contributed by atoms with Crippen LogP contribution in [-0.4, -0.2) is 17.6 Å². The molecule has 0 radical (unpaired) electrons. The van der Waals surface area contributed by atoms with E-state index in [0.29, 0.717) is 18.0 Å². The molecule has 0 aliphatic heterocycles. The van der Waals surface area contributed by atoms with Crippen LogP contribution in [-0.2, 0) is 0 Å². The third-order valence-corrected chi connectivity index (χ3v) is 2.62. The zero-order valence-corrected chi connectivity index (χ0v) is 8.93. The predicted octanol–water partition coefficient (Wildman–Crippen LogP) is 1.84. The Kier molecular flexibility index (Phi) is 3.03. The molecule has 1 saturated carbocycles. The smallest absolute Gasteiger partial charge is 0.128 e. The van der Waals surface area contributed by atoms with Gasteiger partial charge < -0.3 is 4.90 Å². The first kappa shape index (κ1) is 10.4. The van der Waals surface area contributed by atoms with Gasteiger partial charge in [-0.3, -0.25) is 0 Å². The molecule has 1 fully saturated rings. The van der Waals surface area contributed by atoms with Gasteiger partial charge in [0.2, 0.25) is 0 Å². The highest BCUT2D eigenvalue weighted by Crippen LogP contribution is 2.30. The van der Waals surface area contributed by atoms with E-state index >= 15 is 0 Å². The molecular weight excluding hydrogens is 200 g/mol. The molecule has 0 bridgehead atoms. The van der Waals surface area contributed by atoms with Gasteiger partial charge in [-0.15, -0.1) is 0 Å². The van der Waals surface area contributed by atoms with E-state index in [2.05, 4.69) is 16.0 Å². The summed E-state index contributed by atoms with van der Waals surface area (Å²) < 4.78 is 0. The van der Waals surface area contributed by atoms with Crippen molar-refractivity contribution < 1.29 is 0 Å². The average molecular weight is 212 g/mol. The van der Waals surface area contributed by atoms with Crippen molar-refractivity contribution in [2.45, 2.75) is 25.3 Å². The van der Waals surface area contributed by atoms with Crippen LogP contribution in [0.25, 0.3) is 0 Å². The minimum absolute atomic E-state index is 0.512. The molecule has 4 heteroatoms. The molecule has 1 aromatic rings. The number of anilines is 1. The third-order valence-electron chi connectivity index (χ3n) is 2.62. The summed E-state index contributed by atoms with van der Waals surface area (Å²) in [6, 6.07) is 8.36. The van der Waals surface area contributed by atoms with Crippen LogP contribution in [0.2, 0.25) is 0 Å². The Morgan fingerprint density at radius 1 is 1.38 bits per heavy atom. The van der Waals surface area contributed by atoms with Gasteiger partial charge in [0.05, 0.1) is 18.1 Å². The largest absolute Gasteiger partial charge is 0.353 e. The van der Waals surface area contributed by atoms with Crippen molar-refractivity contribution in [1.29, 1.82) is 10.5 Å². The Balaban J connectivity index is 2.12. The number of nitrogens with zero attached hydrogens (tertiary/aromatic N) is 4. The molecule has 1 aliphatic carbocycles. The molecule has 0 amide bonds. The van der Waals surface area contributed by atoms with Crippen LogP contribution in [0.4, 0.5) is 5.82 Å². The monoisotopic (exact) mass is 212 g/mol. The molecular formula is C12H12N4. The van der Waals surface area contributed by atoms with Gasteiger partial charge in [-0.05, 0) is 25.0 Å². The van der Waals surface area contributed by atoms with Gasteiger partial charge in [0.15, 0.2) is 0 Å². The lowest BCUT2D eigenvalue weighted by Gasteiger charge is -2.21. The second kappa shape index (κ2) is 4.63. The van der Waals surface area contributed by atoms with Crippen LogP contribution in [0.3, 0.4) is 0 Å². The van der Waals surface area contributed by atoms with Crippen LogP contribution in [0.5, 0.6) is 0 Å². The standard InChI is InChI=1S/C12H12N4/c13-6-1-7-16(11-3-4-11)12-5-2-10(8-14)9-15-12/h2,5,9,11H,1,3-4,7H2. The van der Waals surface area contributed by atoms with Gasteiger partial charge in [0, 0.05) is 18.8 Å². The highest BCUT2D eigenvalue weighted by molar-refractivity contribution is 5.44. The molecule has 16 heavy (non-hydrogen) atoms. The normalized spacial score (nSPS) is 13.9. The molecule has 0 spiro atoms. The number of pyridine rings is 1. The van der Waals surface area contributed by atoms with Gasteiger partial charge in [-0.2, -0.15) is 10.5 Å². The second-order valence-electron chi connectivity index (χ2n) is 3.85. The van der Waals surface area contributed by atoms with Crippen molar-refractivity contribution >= 4 is 5.82 Å². The summed E-state index contributed by atoms with van der Waals surface area (Å²) in [4.78, 5) is 6.42. The molecule has 0 atom stereocenters. The first-order chi connectivity index (χ1) is 7.85. The third kappa shape index (κ3) is 2.29. The summed E-state index contributed by atoms with van der Waals surface area (Å²) in [5.41, 5.74) is 0.569. The van der Waals surface area contributed by atoms with Crippen LogP contribution >= 0.6 is 0 Å². The number of rotatable bonds is 4. The van der Waals surface area contributed by atoms with E-state index in [0.717, 1.165) is 12.4 Å². The summed E-state index contributed by atoms with van der Waals surface area (Å²) in [5.74, 6) is 0.872. The fourth-order valence-electron chi connectivity index (χ4n) is 1.66. The van der Waals surface area contributed by atoms with E-state index in [1.807, 2.05) is 12.1 Å². The Labute approximate surface area is 94.7 Å². The molecule has 0 saturated heterocycles. The van der Waals surface area contributed by atoms with Gasteiger partial charge in [0.25, 0.3) is 0 Å². The fraction of sp³-hybridized carbons (Fsp3) is 0.417. The molecule has 4 nitrogen and oxygen atoms in total. The zero-order valence-electron chi connectivity index (χ0n) is 8.93. The molecule has 0 unspecified atom stereocenters. The SMILES string of the molecule is N#CCCN(c1ccc(C#N)cn1)C1CC1. The second-order valence-corrected chi connectivity index (χ2v) is 3.85. The quantitative estimate of drug-likeness (QED) is 0.763. The summed E-state index contributed by atoms with van der Waals surface area (Å²) in [5, 5.41) is 17.3. The maximum Gasteiger partial charge on any atom is 0.128 e. The summed E-state index contributed by atoms with van der Waals surface area (Å²) in [7, 11) is 0. The lowest BCUT2D eigenvalue weighted by atomic mass is 10.3. The molecule has 1 aliphatic rings. The maximum absolute atomic E-state index is 8.68. The van der Waals surface area contributed by atoms with Crippen LogP contribution in [0.15, 0.2) is 18.3 Å². The van der Waals surface area contributed by atoms with E-state index in [4.69, 9.17) is 10.5 Å². The number of aromatic nitrogens is 1. The highest BCUT2D eigenvalue weighted by atomic mass is 15.2. The van der Waals surface area contributed by atoms with E-state index in [1.165, 1.54) is 12.8 Å². The molecule has 1 aromatic heterocycles. The molecule has 80 valence electrons. The van der Waals surface area contributed by atoms with Gasteiger partial charge in [-0.1, -0.05) is 0 Å². The van der Waals surface area contributed by atoms with Crippen molar-refractivity contribution in [2.75, 3.05) is 11.4 Å². The minimum atomic E-state index is 0.512. The lowest BCUT2D eigenvalue weighted by molar-refractivity contribution is 0.778. The van der Waals surface area contributed by atoms with Gasteiger partial charge >= 0.3 is 0 Å². The van der Waals surface area contributed by atoms with E-state index in [9.17, 15) is 0 Å². The van der Waals surface area contributed by atoms with E-state index in [1.54, 1.807) is 12.3 Å². The summed E-state index contributed by atoms with van der Waals surface area (Å²) in [6.07, 6.45) is 4.44. The molecule has 0 N–H and O–H groups in total.